The lowest BCUT2D eigenvalue weighted by atomic mass is 10.2. The molecule has 1 saturated heterocycles. The van der Waals surface area contributed by atoms with Crippen LogP contribution in [0.15, 0.2) is 74.7 Å². The smallest absolute Gasteiger partial charge is 0.266 e. The number of hydrogen-bond acceptors (Lipinski definition) is 8. The third-order valence-electron chi connectivity index (χ3n) is 4.27. The minimum absolute atomic E-state index is 0.0924. The van der Waals surface area contributed by atoms with E-state index in [1.165, 1.54) is 35.2 Å². The van der Waals surface area contributed by atoms with Crippen LogP contribution in [-0.4, -0.2) is 26.1 Å². The Morgan fingerprint density at radius 1 is 1.21 bits per heavy atom. The zero-order chi connectivity index (χ0) is 23.5. The zero-order valence-electron chi connectivity index (χ0n) is 16.4. The lowest BCUT2D eigenvalue weighted by Gasteiger charge is -2.14. The molecule has 0 aliphatic carbocycles. The lowest BCUT2D eigenvalue weighted by Crippen LogP contribution is -2.44. The molecule has 166 valence electrons. The number of thiophene rings is 1. The molecule has 3 aromatic rings. The van der Waals surface area contributed by atoms with E-state index in [4.69, 9.17) is 23.8 Å². The van der Waals surface area contributed by atoms with Crippen LogP contribution in [0.25, 0.3) is 6.08 Å². The molecule has 12 heteroatoms. The first-order chi connectivity index (χ1) is 15.8. The Labute approximate surface area is 210 Å². The van der Waals surface area contributed by atoms with E-state index in [1.807, 2.05) is 0 Å². The molecule has 1 aliphatic heterocycles. The monoisotopic (exact) mass is 533 g/mol. The van der Waals surface area contributed by atoms with Crippen molar-refractivity contribution in [2.75, 3.05) is 0 Å². The SMILES string of the molecule is O=C(NN1C(=O)/C(=C/c2ccc(Sc3ccc(Cl)cc3)c([N+](=O)[O-])c2)SC1=S)c1cccs1. The van der Waals surface area contributed by atoms with Crippen molar-refractivity contribution >= 4 is 86.6 Å². The standard InChI is InChI=1S/C21H12ClN3O4S4/c22-13-4-6-14(7-5-13)32-16-8-3-12(10-15(16)25(28)29)11-18-20(27)24(21(30)33-18)23-19(26)17-2-1-9-31-17/h1-11H,(H,23,26)/b18-11-. The van der Waals surface area contributed by atoms with Gasteiger partial charge in [-0.1, -0.05) is 47.3 Å². The van der Waals surface area contributed by atoms with Crippen molar-refractivity contribution < 1.29 is 14.5 Å². The fourth-order valence-electron chi connectivity index (χ4n) is 2.76. The molecule has 1 fully saturated rings. The van der Waals surface area contributed by atoms with Gasteiger partial charge in [-0.15, -0.1) is 11.3 Å². The number of benzene rings is 2. The van der Waals surface area contributed by atoms with E-state index in [2.05, 4.69) is 5.43 Å². The maximum absolute atomic E-state index is 12.8. The van der Waals surface area contributed by atoms with Crippen molar-refractivity contribution in [2.24, 2.45) is 0 Å². The summed E-state index contributed by atoms with van der Waals surface area (Å²) in [6.45, 7) is 0. The predicted molar refractivity (Wildman–Crippen MR) is 135 cm³/mol. The summed E-state index contributed by atoms with van der Waals surface area (Å²) in [6, 6.07) is 15.1. The molecule has 0 spiro atoms. The van der Waals surface area contributed by atoms with Crippen LogP contribution < -0.4 is 5.43 Å². The molecule has 2 amide bonds. The van der Waals surface area contributed by atoms with Gasteiger partial charge in [-0.3, -0.25) is 25.1 Å². The van der Waals surface area contributed by atoms with E-state index >= 15 is 0 Å². The first kappa shape index (κ1) is 23.5. The molecule has 0 radical (unpaired) electrons. The van der Waals surface area contributed by atoms with Crippen LogP contribution in [0.5, 0.6) is 0 Å². The fraction of sp³-hybridized carbons (Fsp3) is 0. The van der Waals surface area contributed by atoms with Gasteiger partial charge in [0.25, 0.3) is 17.5 Å². The number of nitro benzene ring substituents is 1. The Kier molecular flexibility index (Phi) is 7.15. The van der Waals surface area contributed by atoms with Crippen LogP contribution in [0, 0.1) is 10.1 Å². The quantitative estimate of drug-likeness (QED) is 0.179. The normalized spacial score (nSPS) is 14.7. The minimum atomic E-state index is -0.503. The summed E-state index contributed by atoms with van der Waals surface area (Å²) in [5.41, 5.74) is 2.87. The Morgan fingerprint density at radius 2 is 1.97 bits per heavy atom. The molecular weight excluding hydrogens is 522 g/mol. The number of rotatable bonds is 6. The molecule has 0 bridgehead atoms. The molecule has 1 aromatic heterocycles. The predicted octanol–water partition coefficient (Wildman–Crippen LogP) is 6.01. The van der Waals surface area contributed by atoms with Crippen molar-refractivity contribution in [3.05, 3.63) is 90.5 Å². The highest BCUT2D eigenvalue weighted by molar-refractivity contribution is 8.26. The molecule has 2 heterocycles. The van der Waals surface area contributed by atoms with Gasteiger partial charge in [0.2, 0.25) is 0 Å². The summed E-state index contributed by atoms with van der Waals surface area (Å²) < 4.78 is 0.167. The summed E-state index contributed by atoms with van der Waals surface area (Å²) in [7, 11) is 0. The Morgan fingerprint density at radius 3 is 2.64 bits per heavy atom. The summed E-state index contributed by atoms with van der Waals surface area (Å²) in [5.74, 6) is -0.945. The van der Waals surface area contributed by atoms with Gasteiger partial charge in [0.1, 0.15) is 0 Å². The third-order valence-corrected chi connectivity index (χ3v) is 7.77. The number of hydrazine groups is 1. The maximum atomic E-state index is 12.8. The molecule has 4 rings (SSSR count). The number of nitro groups is 1. The van der Waals surface area contributed by atoms with E-state index in [1.54, 1.807) is 53.9 Å². The van der Waals surface area contributed by atoms with Gasteiger partial charge >= 0.3 is 0 Å². The highest BCUT2D eigenvalue weighted by Crippen LogP contribution is 2.37. The number of amides is 2. The van der Waals surface area contributed by atoms with Crippen molar-refractivity contribution in [1.29, 1.82) is 0 Å². The molecule has 0 unspecified atom stereocenters. The van der Waals surface area contributed by atoms with E-state index in [-0.39, 0.29) is 14.9 Å². The Balaban J connectivity index is 1.55. The lowest BCUT2D eigenvalue weighted by molar-refractivity contribution is -0.387. The average Bonchev–Trinajstić information content (AvgIpc) is 3.41. The van der Waals surface area contributed by atoms with Gasteiger partial charge in [-0.2, -0.15) is 5.01 Å². The van der Waals surface area contributed by atoms with Gasteiger partial charge in [0.05, 0.1) is 19.6 Å². The first-order valence-corrected chi connectivity index (χ1v) is 12.5. The number of nitrogens with one attached hydrogen (secondary N) is 1. The van der Waals surface area contributed by atoms with Gasteiger partial charge in [-0.05, 0) is 65.6 Å². The minimum Gasteiger partial charge on any atom is -0.266 e. The number of nitrogens with zero attached hydrogens (tertiary/aromatic N) is 2. The molecular formula is C21H12ClN3O4S4. The summed E-state index contributed by atoms with van der Waals surface area (Å²) in [6.07, 6.45) is 1.51. The van der Waals surface area contributed by atoms with Crippen LogP contribution in [0.2, 0.25) is 5.02 Å². The number of halogens is 1. The van der Waals surface area contributed by atoms with Crippen molar-refractivity contribution in [2.45, 2.75) is 9.79 Å². The van der Waals surface area contributed by atoms with Crippen LogP contribution in [0.1, 0.15) is 15.2 Å². The third kappa shape index (κ3) is 5.45. The van der Waals surface area contributed by atoms with Crippen molar-refractivity contribution in [1.82, 2.24) is 10.4 Å². The van der Waals surface area contributed by atoms with Gasteiger partial charge in [0, 0.05) is 16.0 Å². The van der Waals surface area contributed by atoms with E-state index in [0.717, 1.165) is 21.7 Å². The Hall–Kier alpha value is -2.70. The Bertz CT molecular complexity index is 1290. The number of hydrogen-bond donors (Lipinski definition) is 1. The van der Waals surface area contributed by atoms with E-state index in [9.17, 15) is 19.7 Å². The largest absolute Gasteiger partial charge is 0.285 e. The van der Waals surface area contributed by atoms with Crippen molar-refractivity contribution in [3.63, 3.8) is 0 Å². The highest BCUT2D eigenvalue weighted by atomic mass is 35.5. The van der Waals surface area contributed by atoms with Crippen LogP contribution in [0.4, 0.5) is 5.69 Å². The molecule has 2 aromatic carbocycles. The maximum Gasteiger partial charge on any atom is 0.285 e. The van der Waals surface area contributed by atoms with Gasteiger partial charge < -0.3 is 0 Å². The average molecular weight is 534 g/mol. The summed E-state index contributed by atoms with van der Waals surface area (Å²) >= 11 is 14.6. The zero-order valence-corrected chi connectivity index (χ0v) is 20.4. The highest BCUT2D eigenvalue weighted by Gasteiger charge is 2.34. The summed E-state index contributed by atoms with van der Waals surface area (Å²) in [4.78, 5) is 38.2. The number of thioether (sulfide) groups is 1. The molecule has 33 heavy (non-hydrogen) atoms. The molecule has 7 nitrogen and oxygen atoms in total. The van der Waals surface area contributed by atoms with E-state index < -0.39 is 16.7 Å². The molecule has 0 saturated carbocycles. The second-order valence-corrected chi connectivity index (χ2v) is 10.7. The molecule has 1 aliphatic rings. The second-order valence-electron chi connectivity index (χ2n) is 6.48. The van der Waals surface area contributed by atoms with E-state index in [0.29, 0.717) is 20.4 Å². The van der Waals surface area contributed by atoms with Crippen LogP contribution in [0.3, 0.4) is 0 Å². The number of thiocarbonyl (C=S) groups is 1. The van der Waals surface area contributed by atoms with Crippen LogP contribution in [-0.2, 0) is 4.79 Å². The molecule has 0 atom stereocenters. The summed E-state index contributed by atoms with van der Waals surface area (Å²) in [5, 5.41) is 15.0. The van der Waals surface area contributed by atoms with Crippen LogP contribution >= 0.6 is 58.7 Å². The number of carbonyl (C=O) groups is 2. The fourth-order valence-corrected chi connectivity index (χ4v) is 5.58. The van der Waals surface area contributed by atoms with Gasteiger partial charge in [-0.25, -0.2) is 0 Å². The second kappa shape index (κ2) is 10.1. The molecule has 1 N–H and O–H groups in total. The van der Waals surface area contributed by atoms with Crippen molar-refractivity contribution in [3.8, 4) is 0 Å². The topological polar surface area (TPSA) is 92.6 Å². The van der Waals surface area contributed by atoms with Gasteiger partial charge in [0.15, 0.2) is 4.32 Å². The number of carbonyl (C=O) groups excluding carboxylic acids is 2. The first-order valence-electron chi connectivity index (χ1n) is 9.16.